The molecule has 1 aliphatic rings. The number of benzene rings is 1. The molecule has 1 fully saturated rings. The van der Waals surface area contributed by atoms with Crippen molar-refractivity contribution in [1.82, 2.24) is 15.1 Å². The predicted octanol–water partition coefficient (Wildman–Crippen LogP) is 4.21. The van der Waals surface area contributed by atoms with Crippen LogP contribution in [-0.4, -0.2) is 39.5 Å². The number of aryl methyl sites for hydroxylation is 1. The molecular weight excluding hydrogens is 392 g/mol. The maximum absolute atomic E-state index is 13.0. The van der Waals surface area contributed by atoms with Crippen LogP contribution in [0, 0.1) is 6.92 Å². The first-order valence-corrected chi connectivity index (χ1v) is 10.9. The van der Waals surface area contributed by atoms with Crippen LogP contribution in [0.4, 0.5) is 5.69 Å². The van der Waals surface area contributed by atoms with Crippen LogP contribution >= 0.6 is 22.7 Å². The number of aromatic nitrogens is 2. The lowest BCUT2D eigenvalue weighted by Crippen LogP contribution is -2.49. The largest absolute Gasteiger partial charge is 0.327 e. The standard InChI is InChI=1S/C20H20N4O2S2/c1-13-22-23-19(28-13)14-5-4-6-16(11-14)21-18(25)17-7-2-3-9-24(17)20(26)15-8-10-27-12-15/h4-6,8,10-12,17H,2-3,7,9H2,1H3,(H,21,25)/t17-/m1/s1. The summed E-state index contributed by atoms with van der Waals surface area (Å²) in [5.74, 6) is -0.215. The maximum atomic E-state index is 13.0. The van der Waals surface area contributed by atoms with Gasteiger partial charge in [-0.2, -0.15) is 11.3 Å². The highest BCUT2D eigenvalue weighted by Gasteiger charge is 2.32. The van der Waals surface area contributed by atoms with E-state index < -0.39 is 6.04 Å². The quantitative estimate of drug-likeness (QED) is 0.697. The molecule has 4 rings (SSSR count). The number of amides is 2. The minimum atomic E-state index is -0.450. The molecule has 1 aromatic carbocycles. The van der Waals surface area contributed by atoms with Crippen molar-refractivity contribution < 1.29 is 9.59 Å². The van der Waals surface area contributed by atoms with E-state index in [4.69, 9.17) is 0 Å². The molecular formula is C20H20N4O2S2. The van der Waals surface area contributed by atoms with Gasteiger partial charge in [0.2, 0.25) is 5.91 Å². The monoisotopic (exact) mass is 412 g/mol. The zero-order chi connectivity index (χ0) is 19.5. The van der Waals surface area contributed by atoms with Gasteiger partial charge in [0, 0.05) is 23.2 Å². The smallest absolute Gasteiger partial charge is 0.255 e. The number of hydrogen-bond donors (Lipinski definition) is 1. The summed E-state index contributed by atoms with van der Waals surface area (Å²) < 4.78 is 0. The number of nitrogens with one attached hydrogen (secondary N) is 1. The van der Waals surface area contributed by atoms with Crippen molar-refractivity contribution in [3.8, 4) is 10.6 Å². The van der Waals surface area contributed by atoms with Gasteiger partial charge in [0.05, 0.1) is 5.56 Å². The van der Waals surface area contributed by atoms with E-state index in [9.17, 15) is 9.59 Å². The molecule has 1 N–H and O–H groups in total. The molecule has 6 nitrogen and oxygen atoms in total. The number of anilines is 1. The number of carbonyl (C=O) groups is 2. The topological polar surface area (TPSA) is 75.2 Å². The van der Waals surface area contributed by atoms with Crippen LogP contribution in [0.1, 0.15) is 34.6 Å². The number of carbonyl (C=O) groups excluding carboxylic acids is 2. The van der Waals surface area contributed by atoms with Crippen molar-refractivity contribution in [1.29, 1.82) is 0 Å². The highest BCUT2D eigenvalue weighted by molar-refractivity contribution is 7.14. The summed E-state index contributed by atoms with van der Waals surface area (Å²) in [6.07, 6.45) is 2.54. The molecule has 1 aliphatic heterocycles. The van der Waals surface area contributed by atoms with E-state index in [-0.39, 0.29) is 11.8 Å². The lowest BCUT2D eigenvalue weighted by molar-refractivity contribution is -0.121. The molecule has 3 aromatic rings. The molecule has 0 saturated carbocycles. The summed E-state index contributed by atoms with van der Waals surface area (Å²) in [6.45, 7) is 2.52. The molecule has 1 atom stereocenters. The molecule has 1 saturated heterocycles. The van der Waals surface area contributed by atoms with Crippen LogP contribution in [-0.2, 0) is 4.79 Å². The zero-order valence-electron chi connectivity index (χ0n) is 15.4. The van der Waals surface area contributed by atoms with Crippen LogP contribution in [0.15, 0.2) is 41.1 Å². The van der Waals surface area contributed by atoms with E-state index in [1.54, 1.807) is 4.90 Å². The molecule has 0 unspecified atom stereocenters. The Morgan fingerprint density at radius 3 is 2.86 bits per heavy atom. The van der Waals surface area contributed by atoms with Gasteiger partial charge < -0.3 is 10.2 Å². The van der Waals surface area contributed by atoms with Crippen LogP contribution in [0.3, 0.4) is 0 Å². The Labute approximate surface area is 171 Å². The van der Waals surface area contributed by atoms with Crippen LogP contribution < -0.4 is 5.32 Å². The Morgan fingerprint density at radius 1 is 1.21 bits per heavy atom. The van der Waals surface area contributed by atoms with Gasteiger partial charge in [-0.25, -0.2) is 0 Å². The summed E-state index contributed by atoms with van der Waals surface area (Å²) in [5, 5.41) is 16.6. The van der Waals surface area contributed by atoms with E-state index in [0.29, 0.717) is 24.2 Å². The third kappa shape index (κ3) is 3.98. The highest BCUT2D eigenvalue weighted by atomic mass is 32.1. The van der Waals surface area contributed by atoms with Gasteiger partial charge in [0.15, 0.2) is 0 Å². The molecule has 0 spiro atoms. The van der Waals surface area contributed by atoms with Gasteiger partial charge in [-0.1, -0.05) is 23.5 Å². The summed E-state index contributed by atoms with van der Waals surface area (Å²) in [5.41, 5.74) is 2.26. The molecule has 8 heteroatoms. The van der Waals surface area contributed by atoms with E-state index in [0.717, 1.165) is 28.4 Å². The van der Waals surface area contributed by atoms with Gasteiger partial charge in [0.25, 0.3) is 5.91 Å². The van der Waals surface area contributed by atoms with Crippen LogP contribution in [0.2, 0.25) is 0 Å². The fourth-order valence-corrected chi connectivity index (χ4v) is 4.69. The number of likely N-dealkylation sites (tertiary alicyclic amines) is 1. The maximum Gasteiger partial charge on any atom is 0.255 e. The van der Waals surface area contributed by atoms with Crippen LogP contribution in [0.5, 0.6) is 0 Å². The average molecular weight is 413 g/mol. The molecule has 144 valence electrons. The Morgan fingerprint density at radius 2 is 2.11 bits per heavy atom. The normalized spacial score (nSPS) is 16.8. The first kappa shape index (κ1) is 18.8. The Bertz CT molecular complexity index is 984. The average Bonchev–Trinajstić information content (AvgIpc) is 3.39. The van der Waals surface area contributed by atoms with E-state index in [2.05, 4.69) is 15.5 Å². The molecule has 3 heterocycles. The highest BCUT2D eigenvalue weighted by Crippen LogP contribution is 2.27. The van der Waals surface area contributed by atoms with E-state index in [1.807, 2.05) is 48.0 Å². The van der Waals surface area contributed by atoms with Crippen molar-refractivity contribution in [2.24, 2.45) is 0 Å². The first-order chi connectivity index (χ1) is 13.6. The van der Waals surface area contributed by atoms with Gasteiger partial charge in [0.1, 0.15) is 16.1 Å². The Balaban J connectivity index is 1.51. The van der Waals surface area contributed by atoms with Crippen molar-refractivity contribution in [2.45, 2.75) is 32.2 Å². The second-order valence-corrected chi connectivity index (χ2v) is 8.68. The van der Waals surface area contributed by atoms with Gasteiger partial charge in [-0.3, -0.25) is 9.59 Å². The third-order valence-corrected chi connectivity index (χ3v) is 6.31. The lowest BCUT2D eigenvalue weighted by atomic mass is 10.00. The number of hydrogen-bond acceptors (Lipinski definition) is 6. The predicted molar refractivity (Wildman–Crippen MR) is 112 cm³/mol. The molecule has 0 aliphatic carbocycles. The summed E-state index contributed by atoms with van der Waals surface area (Å²) in [6, 6.07) is 8.94. The number of rotatable bonds is 4. The lowest BCUT2D eigenvalue weighted by Gasteiger charge is -2.34. The van der Waals surface area contributed by atoms with E-state index in [1.165, 1.54) is 22.7 Å². The van der Waals surface area contributed by atoms with Crippen molar-refractivity contribution in [3.05, 3.63) is 51.7 Å². The summed E-state index contributed by atoms with van der Waals surface area (Å²) >= 11 is 3.00. The van der Waals surface area contributed by atoms with Crippen molar-refractivity contribution in [3.63, 3.8) is 0 Å². The van der Waals surface area contributed by atoms with Gasteiger partial charge in [-0.15, -0.1) is 10.2 Å². The second kappa shape index (κ2) is 8.20. The van der Waals surface area contributed by atoms with Gasteiger partial charge in [-0.05, 0) is 49.8 Å². The number of thiophene rings is 1. The Hall–Kier alpha value is -2.58. The fourth-order valence-electron chi connectivity index (χ4n) is 3.37. The number of piperidine rings is 1. The molecule has 0 radical (unpaired) electrons. The minimum absolute atomic E-state index is 0.0702. The summed E-state index contributed by atoms with van der Waals surface area (Å²) in [4.78, 5) is 27.5. The van der Waals surface area contributed by atoms with Gasteiger partial charge >= 0.3 is 0 Å². The van der Waals surface area contributed by atoms with Crippen molar-refractivity contribution in [2.75, 3.05) is 11.9 Å². The fraction of sp³-hybridized carbons (Fsp3) is 0.300. The second-order valence-electron chi connectivity index (χ2n) is 6.72. The molecule has 2 amide bonds. The summed E-state index contributed by atoms with van der Waals surface area (Å²) in [7, 11) is 0. The van der Waals surface area contributed by atoms with E-state index >= 15 is 0 Å². The number of nitrogens with zero attached hydrogens (tertiary/aromatic N) is 3. The first-order valence-electron chi connectivity index (χ1n) is 9.16. The SMILES string of the molecule is Cc1nnc(-c2cccc(NC(=O)[C@H]3CCCCN3C(=O)c3ccsc3)c2)s1. The zero-order valence-corrected chi connectivity index (χ0v) is 17.1. The van der Waals surface area contributed by atoms with Crippen LogP contribution in [0.25, 0.3) is 10.6 Å². The molecule has 0 bridgehead atoms. The Kier molecular flexibility index (Phi) is 5.50. The molecule has 28 heavy (non-hydrogen) atoms. The third-order valence-electron chi connectivity index (χ3n) is 4.74. The minimum Gasteiger partial charge on any atom is -0.327 e. The van der Waals surface area contributed by atoms with Crippen molar-refractivity contribution >= 4 is 40.2 Å². The molecule has 2 aromatic heterocycles.